The average molecular weight is 419 g/mol. The number of carbonyl (C=O) groups is 1. The van der Waals surface area contributed by atoms with E-state index in [1.54, 1.807) is 0 Å². The number of hydrogen-bond donors (Lipinski definition) is 0. The number of aryl methyl sites for hydroxylation is 1. The normalized spacial score (nSPS) is 15.7. The van der Waals surface area contributed by atoms with Gasteiger partial charge < -0.3 is 9.32 Å². The molecule has 152 valence electrons. The zero-order chi connectivity index (χ0) is 20.8. The molecule has 0 saturated carbocycles. The van der Waals surface area contributed by atoms with E-state index in [0.29, 0.717) is 5.52 Å². The van der Waals surface area contributed by atoms with Crippen molar-refractivity contribution in [3.8, 4) is 0 Å². The second-order valence-electron chi connectivity index (χ2n) is 6.76. The molecule has 0 unspecified atom stereocenters. The van der Waals surface area contributed by atoms with Gasteiger partial charge in [-0.2, -0.15) is 4.31 Å². The standard InChI is InChI=1S/C19H18FN3O5S/c1-21-16-6-5-15(12-17(16)28-19(21)25)29(26,27)23-9-7-22(8-10-23)18(24)13-3-2-4-14(20)11-13/h2-6,11-12H,7-10H2,1H3. The van der Waals surface area contributed by atoms with Gasteiger partial charge in [-0.1, -0.05) is 6.07 Å². The molecule has 0 aliphatic carbocycles. The van der Waals surface area contributed by atoms with E-state index in [-0.39, 0.29) is 48.1 Å². The highest BCUT2D eigenvalue weighted by molar-refractivity contribution is 7.89. The molecule has 2 aromatic carbocycles. The van der Waals surface area contributed by atoms with E-state index in [0.717, 1.165) is 6.07 Å². The van der Waals surface area contributed by atoms with Crippen molar-refractivity contribution in [1.29, 1.82) is 0 Å². The van der Waals surface area contributed by atoms with Gasteiger partial charge in [0.25, 0.3) is 5.91 Å². The van der Waals surface area contributed by atoms with Gasteiger partial charge in [0.1, 0.15) is 5.82 Å². The van der Waals surface area contributed by atoms with Crippen molar-refractivity contribution < 1.29 is 22.0 Å². The fourth-order valence-electron chi connectivity index (χ4n) is 3.36. The van der Waals surface area contributed by atoms with E-state index in [1.165, 1.54) is 57.2 Å². The highest BCUT2D eigenvalue weighted by Crippen LogP contribution is 2.22. The van der Waals surface area contributed by atoms with Gasteiger partial charge in [0, 0.05) is 44.9 Å². The van der Waals surface area contributed by atoms with Gasteiger partial charge in [0.15, 0.2) is 5.58 Å². The number of fused-ring (bicyclic) bond motifs is 1. The quantitative estimate of drug-likeness (QED) is 0.640. The van der Waals surface area contributed by atoms with Crippen LogP contribution in [0.1, 0.15) is 10.4 Å². The van der Waals surface area contributed by atoms with Crippen LogP contribution in [-0.2, 0) is 17.1 Å². The number of carbonyl (C=O) groups excluding carboxylic acids is 1. The zero-order valence-corrected chi connectivity index (χ0v) is 16.4. The van der Waals surface area contributed by atoms with E-state index < -0.39 is 21.6 Å². The minimum Gasteiger partial charge on any atom is -0.408 e. The van der Waals surface area contributed by atoms with Crippen molar-refractivity contribution in [2.75, 3.05) is 26.2 Å². The molecule has 3 aromatic rings. The molecule has 0 spiro atoms. The average Bonchev–Trinajstić information content (AvgIpc) is 3.00. The van der Waals surface area contributed by atoms with Crippen LogP contribution in [0.5, 0.6) is 0 Å². The molecule has 0 radical (unpaired) electrons. The topological polar surface area (TPSA) is 92.8 Å². The van der Waals surface area contributed by atoms with Gasteiger partial charge in [-0.15, -0.1) is 0 Å². The Hall–Kier alpha value is -2.98. The van der Waals surface area contributed by atoms with Crippen molar-refractivity contribution in [3.05, 3.63) is 64.4 Å². The monoisotopic (exact) mass is 419 g/mol. The molecular formula is C19H18FN3O5S. The number of rotatable bonds is 3. The van der Waals surface area contributed by atoms with Gasteiger partial charge in [-0.3, -0.25) is 9.36 Å². The number of nitrogens with zero attached hydrogens (tertiary/aromatic N) is 3. The van der Waals surface area contributed by atoms with Crippen molar-refractivity contribution in [2.24, 2.45) is 7.05 Å². The molecule has 10 heteroatoms. The summed E-state index contributed by atoms with van der Waals surface area (Å²) in [6.45, 7) is 0.606. The third-order valence-electron chi connectivity index (χ3n) is 5.00. The van der Waals surface area contributed by atoms with Crippen LogP contribution in [0.4, 0.5) is 4.39 Å². The maximum absolute atomic E-state index is 13.4. The number of halogens is 1. The molecule has 0 bridgehead atoms. The molecule has 2 heterocycles. The molecule has 0 atom stereocenters. The van der Waals surface area contributed by atoms with Crippen molar-refractivity contribution >= 4 is 27.0 Å². The lowest BCUT2D eigenvalue weighted by Crippen LogP contribution is -2.50. The Morgan fingerprint density at radius 2 is 1.79 bits per heavy atom. The Labute approximate surface area is 165 Å². The van der Waals surface area contributed by atoms with Gasteiger partial charge in [0.2, 0.25) is 10.0 Å². The fourth-order valence-corrected chi connectivity index (χ4v) is 4.80. The number of sulfonamides is 1. The van der Waals surface area contributed by atoms with Crippen molar-refractivity contribution in [2.45, 2.75) is 4.90 Å². The Morgan fingerprint density at radius 1 is 1.07 bits per heavy atom. The largest absolute Gasteiger partial charge is 0.419 e. The molecule has 8 nitrogen and oxygen atoms in total. The summed E-state index contributed by atoms with van der Waals surface area (Å²) in [6, 6.07) is 9.68. The third-order valence-corrected chi connectivity index (χ3v) is 6.89. The first-order valence-electron chi connectivity index (χ1n) is 8.92. The third kappa shape index (κ3) is 3.45. The number of hydrogen-bond acceptors (Lipinski definition) is 5. The van der Waals surface area contributed by atoms with Crippen LogP contribution >= 0.6 is 0 Å². The molecule has 1 saturated heterocycles. The summed E-state index contributed by atoms with van der Waals surface area (Å²) in [4.78, 5) is 25.6. The summed E-state index contributed by atoms with van der Waals surface area (Å²) >= 11 is 0. The van der Waals surface area contributed by atoms with Crippen molar-refractivity contribution in [1.82, 2.24) is 13.8 Å². The molecule has 1 aliphatic heterocycles. The molecule has 4 rings (SSSR count). The van der Waals surface area contributed by atoms with Gasteiger partial charge >= 0.3 is 5.76 Å². The number of oxazole rings is 1. The minimum absolute atomic E-state index is 0.0178. The Morgan fingerprint density at radius 3 is 2.48 bits per heavy atom. The highest BCUT2D eigenvalue weighted by Gasteiger charge is 2.31. The zero-order valence-electron chi connectivity index (χ0n) is 15.5. The van der Waals surface area contributed by atoms with Gasteiger partial charge in [-0.05, 0) is 30.3 Å². The molecule has 0 N–H and O–H groups in total. The van der Waals surface area contributed by atoms with Crippen LogP contribution in [0, 0.1) is 5.82 Å². The summed E-state index contributed by atoms with van der Waals surface area (Å²) < 4.78 is 46.9. The fraction of sp³-hybridized carbons (Fsp3) is 0.263. The second-order valence-corrected chi connectivity index (χ2v) is 8.70. The molecule has 1 fully saturated rings. The molecule has 1 amide bonds. The molecule has 1 aromatic heterocycles. The highest BCUT2D eigenvalue weighted by atomic mass is 32.2. The first-order valence-corrected chi connectivity index (χ1v) is 10.4. The summed E-state index contributed by atoms with van der Waals surface area (Å²) in [5.41, 5.74) is 0.920. The molecular weight excluding hydrogens is 401 g/mol. The first kappa shape index (κ1) is 19.3. The first-order chi connectivity index (χ1) is 13.8. The molecule has 29 heavy (non-hydrogen) atoms. The van der Waals surface area contributed by atoms with Crippen molar-refractivity contribution in [3.63, 3.8) is 0 Å². The molecule has 1 aliphatic rings. The Bertz CT molecular complexity index is 1260. The van der Waals surface area contributed by atoms with E-state index in [1.807, 2.05) is 0 Å². The van der Waals surface area contributed by atoms with Crippen LogP contribution in [0.15, 0.2) is 56.6 Å². The van der Waals surface area contributed by atoms with E-state index in [9.17, 15) is 22.4 Å². The van der Waals surface area contributed by atoms with E-state index in [4.69, 9.17) is 4.42 Å². The SMILES string of the molecule is Cn1c(=O)oc2cc(S(=O)(=O)N3CCN(C(=O)c4cccc(F)c4)CC3)ccc21. The number of amides is 1. The number of piperazine rings is 1. The summed E-state index contributed by atoms with van der Waals surface area (Å²) in [6.07, 6.45) is 0. The van der Waals surface area contributed by atoms with Gasteiger partial charge in [0.05, 0.1) is 10.4 Å². The second kappa shape index (κ2) is 7.12. The lowest BCUT2D eigenvalue weighted by Gasteiger charge is -2.34. The predicted molar refractivity (Wildman–Crippen MR) is 103 cm³/mol. The Kier molecular flexibility index (Phi) is 4.75. The van der Waals surface area contributed by atoms with Gasteiger partial charge in [-0.25, -0.2) is 17.6 Å². The smallest absolute Gasteiger partial charge is 0.408 e. The van der Waals surface area contributed by atoms with Crippen LogP contribution in [0.3, 0.4) is 0 Å². The predicted octanol–water partition coefficient (Wildman–Crippen LogP) is 1.42. The lowest BCUT2D eigenvalue weighted by molar-refractivity contribution is 0.0697. The summed E-state index contributed by atoms with van der Waals surface area (Å²) in [5.74, 6) is -1.41. The van der Waals surface area contributed by atoms with Crippen LogP contribution in [0.25, 0.3) is 11.1 Å². The number of aromatic nitrogens is 1. The van der Waals surface area contributed by atoms with E-state index in [2.05, 4.69) is 0 Å². The van der Waals surface area contributed by atoms with Crippen LogP contribution in [-0.4, -0.2) is 54.3 Å². The lowest BCUT2D eigenvalue weighted by atomic mass is 10.2. The number of benzene rings is 2. The minimum atomic E-state index is -3.81. The maximum Gasteiger partial charge on any atom is 0.419 e. The van der Waals surface area contributed by atoms with Crippen LogP contribution in [0.2, 0.25) is 0 Å². The summed E-state index contributed by atoms with van der Waals surface area (Å²) in [5, 5.41) is 0. The Balaban J connectivity index is 1.51. The maximum atomic E-state index is 13.4. The summed E-state index contributed by atoms with van der Waals surface area (Å²) in [7, 11) is -2.27. The van der Waals surface area contributed by atoms with E-state index >= 15 is 0 Å². The van der Waals surface area contributed by atoms with Crippen LogP contribution < -0.4 is 5.76 Å².